The molecule has 2 amide bonds. The van der Waals surface area contributed by atoms with Crippen molar-refractivity contribution in [3.63, 3.8) is 0 Å². The van der Waals surface area contributed by atoms with Gasteiger partial charge in [0.2, 0.25) is 11.8 Å². The average molecular weight is 442 g/mol. The average Bonchev–Trinajstić information content (AvgIpc) is 3.11. The Hall–Kier alpha value is -3.10. The lowest BCUT2D eigenvalue weighted by Gasteiger charge is -2.13. The summed E-state index contributed by atoms with van der Waals surface area (Å²) in [6.45, 7) is 6.08. The number of anilines is 1. The van der Waals surface area contributed by atoms with E-state index >= 15 is 0 Å². The van der Waals surface area contributed by atoms with Crippen LogP contribution in [0.1, 0.15) is 17.3 Å². The van der Waals surface area contributed by atoms with Gasteiger partial charge in [0.15, 0.2) is 11.0 Å². The van der Waals surface area contributed by atoms with Crippen molar-refractivity contribution in [3.05, 3.63) is 71.8 Å². The topological polar surface area (TPSA) is 103 Å². The first-order valence-corrected chi connectivity index (χ1v) is 10.3. The predicted octanol–water partition coefficient (Wildman–Crippen LogP) is 4.00. The van der Waals surface area contributed by atoms with Crippen molar-refractivity contribution in [2.75, 3.05) is 5.32 Å². The second-order valence-corrected chi connectivity index (χ2v) is 8.15. The molecule has 0 bridgehead atoms. The van der Waals surface area contributed by atoms with Crippen LogP contribution >= 0.6 is 23.4 Å². The van der Waals surface area contributed by atoms with E-state index in [1.807, 2.05) is 16.7 Å². The summed E-state index contributed by atoms with van der Waals surface area (Å²) >= 11 is 7.26. The molecule has 7 nitrogen and oxygen atoms in total. The number of aromatic nitrogens is 3. The van der Waals surface area contributed by atoms with Crippen molar-refractivity contribution in [2.45, 2.75) is 23.9 Å². The molecule has 0 saturated heterocycles. The lowest BCUT2D eigenvalue weighted by atomic mass is 10.2. The van der Waals surface area contributed by atoms with Gasteiger partial charge in [-0.05, 0) is 55.5 Å². The molecule has 0 aliphatic heterocycles. The van der Waals surface area contributed by atoms with Crippen molar-refractivity contribution in [1.82, 2.24) is 14.8 Å². The zero-order chi connectivity index (χ0) is 21.7. The quantitative estimate of drug-likeness (QED) is 0.406. The molecule has 0 fully saturated rings. The van der Waals surface area contributed by atoms with E-state index in [2.05, 4.69) is 22.1 Å². The van der Waals surface area contributed by atoms with Crippen LogP contribution in [0, 0.1) is 0 Å². The van der Waals surface area contributed by atoms with E-state index in [0.717, 1.165) is 5.56 Å². The first-order chi connectivity index (χ1) is 14.4. The zero-order valence-corrected chi connectivity index (χ0v) is 17.8. The third kappa shape index (κ3) is 5.08. The molecule has 1 atom stereocenters. The summed E-state index contributed by atoms with van der Waals surface area (Å²) < 4.78 is 1.90. The summed E-state index contributed by atoms with van der Waals surface area (Å²) in [7, 11) is 0. The molecule has 0 aliphatic carbocycles. The zero-order valence-electron chi connectivity index (χ0n) is 16.2. The van der Waals surface area contributed by atoms with Gasteiger partial charge in [0.1, 0.15) is 0 Å². The van der Waals surface area contributed by atoms with Gasteiger partial charge in [-0.2, -0.15) is 0 Å². The molecular formula is C21H20ClN5O2S. The third-order valence-corrected chi connectivity index (χ3v) is 5.55. The number of nitrogens with zero attached hydrogens (tertiary/aromatic N) is 3. The van der Waals surface area contributed by atoms with Gasteiger partial charge in [0, 0.05) is 28.4 Å². The number of hydrogen-bond acceptors (Lipinski definition) is 5. The monoisotopic (exact) mass is 441 g/mol. The Balaban J connectivity index is 1.74. The number of hydrogen-bond donors (Lipinski definition) is 2. The highest BCUT2D eigenvalue weighted by atomic mass is 35.5. The van der Waals surface area contributed by atoms with E-state index < -0.39 is 11.2 Å². The molecule has 0 unspecified atom stereocenters. The second-order valence-electron chi connectivity index (χ2n) is 6.40. The molecule has 30 heavy (non-hydrogen) atoms. The highest BCUT2D eigenvalue weighted by molar-refractivity contribution is 8.00. The largest absolute Gasteiger partial charge is 0.366 e. The highest BCUT2D eigenvalue weighted by Gasteiger charge is 2.20. The number of carbonyl (C=O) groups excluding carboxylic acids is 2. The fraction of sp³-hybridized carbons (Fsp3) is 0.143. The van der Waals surface area contributed by atoms with Gasteiger partial charge in [-0.15, -0.1) is 16.8 Å². The van der Waals surface area contributed by atoms with E-state index in [4.69, 9.17) is 17.3 Å². The molecule has 154 valence electrons. The maximum Gasteiger partial charge on any atom is 0.248 e. The van der Waals surface area contributed by atoms with Gasteiger partial charge < -0.3 is 11.1 Å². The van der Waals surface area contributed by atoms with Gasteiger partial charge in [0.05, 0.1) is 5.25 Å². The standard InChI is InChI=1S/C21H20ClN5O2S/c1-3-12-27-19(15-4-8-16(22)9-5-15)25-26-21(27)30-13(2)20(29)24-17-10-6-14(7-11-17)18(23)28/h3-11,13H,1,12H2,2H3,(H2,23,28)(H,24,29)/t13-/m1/s1. The summed E-state index contributed by atoms with van der Waals surface area (Å²) in [6.07, 6.45) is 1.75. The number of halogens is 1. The van der Waals surface area contributed by atoms with Crippen LogP contribution in [0.4, 0.5) is 5.69 Å². The Labute approximate surface area is 183 Å². The van der Waals surface area contributed by atoms with Gasteiger partial charge in [0.25, 0.3) is 0 Å². The molecule has 1 heterocycles. The van der Waals surface area contributed by atoms with E-state index in [9.17, 15) is 9.59 Å². The number of allylic oxidation sites excluding steroid dienone is 1. The number of carbonyl (C=O) groups is 2. The molecule has 2 aromatic carbocycles. The molecule has 3 rings (SSSR count). The van der Waals surface area contributed by atoms with Crippen LogP contribution in [0.2, 0.25) is 5.02 Å². The van der Waals surface area contributed by atoms with Crippen molar-refractivity contribution >= 4 is 40.9 Å². The summed E-state index contributed by atoms with van der Waals surface area (Å²) in [5, 5.41) is 12.2. The van der Waals surface area contributed by atoms with Crippen molar-refractivity contribution in [1.29, 1.82) is 0 Å². The molecule has 9 heteroatoms. The van der Waals surface area contributed by atoms with Crippen LogP contribution in [-0.4, -0.2) is 31.8 Å². The van der Waals surface area contributed by atoms with Crippen LogP contribution in [0.3, 0.4) is 0 Å². The number of primary amides is 1. The molecule has 1 aromatic heterocycles. The minimum absolute atomic E-state index is 0.201. The Morgan fingerprint density at radius 3 is 2.47 bits per heavy atom. The fourth-order valence-electron chi connectivity index (χ4n) is 2.66. The van der Waals surface area contributed by atoms with Crippen molar-refractivity contribution in [3.8, 4) is 11.4 Å². The Morgan fingerprint density at radius 1 is 1.20 bits per heavy atom. The maximum absolute atomic E-state index is 12.6. The highest BCUT2D eigenvalue weighted by Crippen LogP contribution is 2.28. The SMILES string of the molecule is C=CCn1c(S[C@H](C)C(=O)Nc2ccc(C(N)=O)cc2)nnc1-c1ccc(Cl)cc1. The number of nitrogens with two attached hydrogens (primary N) is 1. The summed E-state index contributed by atoms with van der Waals surface area (Å²) in [5.74, 6) is -0.0495. The van der Waals surface area contributed by atoms with Gasteiger partial charge in [-0.3, -0.25) is 14.2 Å². The molecule has 0 saturated carbocycles. The summed E-state index contributed by atoms with van der Waals surface area (Å²) in [6, 6.07) is 13.7. The lowest BCUT2D eigenvalue weighted by Crippen LogP contribution is -2.23. The van der Waals surface area contributed by atoms with Crippen LogP contribution < -0.4 is 11.1 Å². The van der Waals surface area contributed by atoms with E-state index in [0.29, 0.717) is 33.8 Å². The maximum atomic E-state index is 12.6. The molecule has 3 N–H and O–H groups in total. The van der Waals surface area contributed by atoms with Gasteiger partial charge in [-0.25, -0.2) is 0 Å². The van der Waals surface area contributed by atoms with Crippen molar-refractivity contribution < 1.29 is 9.59 Å². The van der Waals surface area contributed by atoms with E-state index in [-0.39, 0.29) is 5.91 Å². The third-order valence-electron chi connectivity index (χ3n) is 4.22. The van der Waals surface area contributed by atoms with E-state index in [1.165, 1.54) is 11.8 Å². The Bertz CT molecular complexity index is 1060. The van der Waals surface area contributed by atoms with Gasteiger partial charge in [-0.1, -0.05) is 29.4 Å². The first kappa shape index (κ1) is 21.6. The molecule has 0 radical (unpaired) electrons. The smallest absolute Gasteiger partial charge is 0.248 e. The van der Waals surface area contributed by atoms with Crippen LogP contribution in [-0.2, 0) is 11.3 Å². The number of thioether (sulfide) groups is 1. The fourth-order valence-corrected chi connectivity index (χ4v) is 3.64. The van der Waals surface area contributed by atoms with Crippen LogP contribution in [0.25, 0.3) is 11.4 Å². The molecule has 0 spiro atoms. The molecule has 0 aliphatic rings. The summed E-state index contributed by atoms with van der Waals surface area (Å²) in [4.78, 5) is 23.8. The minimum atomic E-state index is -0.519. The van der Waals surface area contributed by atoms with E-state index in [1.54, 1.807) is 49.4 Å². The summed E-state index contributed by atoms with van der Waals surface area (Å²) in [5.41, 5.74) is 7.05. The van der Waals surface area contributed by atoms with Crippen molar-refractivity contribution in [2.24, 2.45) is 5.73 Å². The number of amides is 2. The first-order valence-electron chi connectivity index (χ1n) is 9.06. The molecule has 3 aromatic rings. The number of benzene rings is 2. The normalized spacial score (nSPS) is 11.7. The van der Waals surface area contributed by atoms with Gasteiger partial charge >= 0.3 is 0 Å². The predicted molar refractivity (Wildman–Crippen MR) is 120 cm³/mol. The molecular weight excluding hydrogens is 422 g/mol. The Kier molecular flexibility index (Phi) is 6.91. The minimum Gasteiger partial charge on any atom is -0.366 e. The number of nitrogens with one attached hydrogen (secondary N) is 1. The Morgan fingerprint density at radius 2 is 1.87 bits per heavy atom. The number of rotatable bonds is 8. The second kappa shape index (κ2) is 9.60. The van der Waals surface area contributed by atoms with Crippen LogP contribution in [0.5, 0.6) is 0 Å². The van der Waals surface area contributed by atoms with Crippen LogP contribution in [0.15, 0.2) is 66.3 Å². The lowest BCUT2D eigenvalue weighted by molar-refractivity contribution is -0.115.